The van der Waals surface area contributed by atoms with E-state index in [9.17, 15) is 24.8 Å². The third-order valence-electron chi connectivity index (χ3n) is 13.8. The molecule has 9 rings (SSSR count). The van der Waals surface area contributed by atoms with Crippen LogP contribution in [0.5, 0.6) is 0 Å². The summed E-state index contributed by atoms with van der Waals surface area (Å²) in [6.45, 7) is 5.01. The van der Waals surface area contributed by atoms with Crippen molar-refractivity contribution in [1.82, 2.24) is 39.6 Å². The lowest BCUT2D eigenvalue weighted by atomic mass is 9.76. The highest BCUT2D eigenvalue weighted by atomic mass is 19.1. The van der Waals surface area contributed by atoms with Gasteiger partial charge < -0.3 is 20.2 Å². The summed E-state index contributed by atoms with van der Waals surface area (Å²) < 4.78 is 19.1. The summed E-state index contributed by atoms with van der Waals surface area (Å²) in [5.74, 6) is -0.725. The second-order valence-electron chi connectivity index (χ2n) is 17.1. The molecule has 4 aliphatic rings. The molecule has 4 aromatic heterocycles. The molecule has 4 fully saturated rings. The van der Waals surface area contributed by atoms with Crippen molar-refractivity contribution in [2.45, 2.75) is 102 Å². The van der Waals surface area contributed by atoms with Gasteiger partial charge in [0.15, 0.2) is 0 Å². The molecular weight excluding hydrogens is 778 g/mol. The molecule has 0 spiro atoms. The SMILES string of the molecule is CCC1(C(=O)O)CCN(c2ccc(-c3nc(-c4cnn([C@H]5CC[C@H](N6CCC(c7ccc(N[C@H]8CCC(=O)NC8=O)cc7F)CC6)CC5)c4)cn4ncc(C#N)c34)cn2)CC1. The fourth-order valence-corrected chi connectivity index (χ4v) is 9.95. The number of aromatic nitrogens is 6. The number of imide groups is 1. The van der Waals surface area contributed by atoms with Gasteiger partial charge in [-0.15, -0.1) is 0 Å². The molecule has 1 atom stereocenters. The number of likely N-dealkylation sites (tertiary alicyclic amines) is 1. The fraction of sp³-hybridized carbons (Fsp3) is 0.467. The van der Waals surface area contributed by atoms with Crippen LogP contribution in [0.3, 0.4) is 0 Å². The number of hydrogen-bond donors (Lipinski definition) is 3. The smallest absolute Gasteiger partial charge is 0.309 e. The molecule has 16 heteroatoms. The first-order valence-electron chi connectivity index (χ1n) is 21.5. The van der Waals surface area contributed by atoms with Crippen molar-refractivity contribution in [3.8, 4) is 28.6 Å². The van der Waals surface area contributed by atoms with Crippen LogP contribution in [-0.4, -0.2) is 95.4 Å². The lowest BCUT2D eigenvalue weighted by Gasteiger charge is -2.41. The summed E-state index contributed by atoms with van der Waals surface area (Å²) in [6.07, 6.45) is 17.3. The normalized spacial score (nSPS) is 22.5. The molecule has 0 unspecified atom stereocenters. The summed E-state index contributed by atoms with van der Waals surface area (Å²) >= 11 is 0. The van der Waals surface area contributed by atoms with Gasteiger partial charge in [-0.05, 0) is 113 Å². The van der Waals surface area contributed by atoms with Crippen LogP contribution in [0.4, 0.5) is 15.9 Å². The monoisotopic (exact) mass is 827 g/mol. The summed E-state index contributed by atoms with van der Waals surface area (Å²) in [6, 6.07) is 11.5. The fourth-order valence-electron chi connectivity index (χ4n) is 9.95. The molecule has 1 saturated carbocycles. The summed E-state index contributed by atoms with van der Waals surface area (Å²) in [4.78, 5) is 50.1. The third-order valence-corrected chi connectivity index (χ3v) is 13.8. The maximum atomic E-state index is 15.4. The van der Waals surface area contributed by atoms with Crippen molar-refractivity contribution in [3.63, 3.8) is 0 Å². The number of fused-ring (bicyclic) bond motifs is 1. The van der Waals surface area contributed by atoms with Gasteiger partial charge >= 0.3 is 5.97 Å². The Labute approximate surface area is 353 Å². The van der Waals surface area contributed by atoms with Gasteiger partial charge in [0, 0.05) is 54.8 Å². The molecule has 15 nitrogen and oxygen atoms in total. The largest absolute Gasteiger partial charge is 0.481 e. The number of amides is 2. The molecule has 2 amide bonds. The van der Waals surface area contributed by atoms with Gasteiger partial charge in [0.05, 0.1) is 41.4 Å². The van der Waals surface area contributed by atoms with E-state index in [4.69, 9.17) is 15.1 Å². The molecule has 61 heavy (non-hydrogen) atoms. The average Bonchev–Trinajstić information content (AvgIpc) is 3.96. The van der Waals surface area contributed by atoms with Crippen LogP contribution >= 0.6 is 0 Å². The van der Waals surface area contributed by atoms with Crippen molar-refractivity contribution in [2.75, 3.05) is 36.4 Å². The number of carbonyl (C=O) groups is 3. The van der Waals surface area contributed by atoms with Crippen LogP contribution in [-0.2, 0) is 14.4 Å². The zero-order chi connectivity index (χ0) is 42.3. The summed E-state index contributed by atoms with van der Waals surface area (Å²) in [5.41, 5.74) is 4.47. The van der Waals surface area contributed by atoms with Gasteiger partial charge in [0.2, 0.25) is 11.8 Å². The van der Waals surface area contributed by atoms with Gasteiger partial charge in [-0.1, -0.05) is 13.0 Å². The number of aliphatic carboxylic acids is 1. The summed E-state index contributed by atoms with van der Waals surface area (Å²) in [5, 5.41) is 34.5. The van der Waals surface area contributed by atoms with E-state index in [2.05, 4.69) is 42.5 Å². The number of nitriles is 1. The Morgan fingerprint density at radius 1 is 0.951 bits per heavy atom. The van der Waals surface area contributed by atoms with Crippen molar-refractivity contribution in [2.24, 2.45) is 5.41 Å². The molecule has 1 aromatic carbocycles. The van der Waals surface area contributed by atoms with E-state index in [1.54, 1.807) is 16.9 Å². The zero-order valence-electron chi connectivity index (χ0n) is 34.3. The van der Waals surface area contributed by atoms with Crippen molar-refractivity contribution < 1.29 is 23.9 Å². The minimum absolute atomic E-state index is 0.139. The van der Waals surface area contributed by atoms with E-state index in [0.29, 0.717) is 73.0 Å². The number of halogens is 1. The Kier molecular flexibility index (Phi) is 11.0. The molecule has 3 saturated heterocycles. The molecule has 0 radical (unpaired) electrons. The first-order valence-corrected chi connectivity index (χ1v) is 21.5. The number of carboxylic acids is 1. The van der Waals surface area contributed by atoms with Crippen LogP contribution in [0.2, 0.25) is 0 Å². The zero-order valence-corrected chi connectivity index (χ0v) is 34.3. The number of benzene rings is 1. The van der Waals surface area contributed by atoms with E-state index in [-0.39, 0.29) is 36.0 Å². The second-order valence-corrected chi connectivity index (χ2v) is 17.1. The van der Waals surface area contributed by atoms with Gasteiger partial charge in [-0.2, -0.15) is 15.5 Å². The van der Waals surface area contributed by atoms with E-state index in [0.717, 1.165) is 74.1 Å². The topological polar surface area (TPSA) is 187 Å². The number of anilines is 2. The first-order chi connectivity index (χ1) is 29.6. The predicted octanol–water partition coefficient (Wildman–Crippen LogP) is 6.33. The first kappa shape index (κ1) is 40.2. The van der Waals surface area contributed by atoms with Crippen LogP contribution in [0.1, 0.15) is 101 Å². The number of nitrogens with zero attached hydrogens (tertiary/aromatic N) is 9. The molecule has 3 aliphatic heterocycles. The Hall–Kier alpha value is -6.21. The van der Waals surface area contributed by atoms with Crippen LogP contribution in [0.15, 0.2) is 61.3 Å². The highest BCUT2D eigenvalue weighted by Crippen LogP contribution is 2.39. The Morgan fingerprint density at radius 3 is 2.39 bits per heavy atom. The maximum Gasteiger partial charge on any atom is 0.309 e. The number of carbonyl (C=O) groups excluding carboxylic acids is 2. The highest BCUT2D eigenvalue weighted by molar-refractivity contribution is 6.01. The average molecular weight is 828 g/mol. The predicted molar refractivity (Wildman–Crippen MR) is 225 cm³/mol. The Morgan fingerprint density at radius 2 is 1.72 bits per heavy atom. The minimum Gasteiger partial charge on any atom is -0.481 e. The lowest BCUT2D eigenvalue weighted by Crippen LogP contribution is -2.47. The molecular formula is C45H50FN11O4. The molecule has 7 heterocycles. The molecule has 0 bridgehead atoms. The highest BCUT2D eigenvalue weighted by Gasteiger charge is 2.40. The number of nitrogens with one attached hydrogen (secondary N) is 2. The van der Waals surface area contributed by atoms with Gasteiger partial charge in [-0.3, -0.25) is 24.4 Å². The van der Waals surface area contributed by atoms with Crippen molar-refractivity contribution in [1.29, 1.82) is 5.26 Å². The Balaban J connectivity index is 0.820. The van der Waals surface area contributed by atoms with Crippen LogP contribution in [0, 0.1) is 22.6 Å². The number of pyridine rings is 1. The van der Waals surface area contributed by atoms with Gasteiger partial charge in [0.25, 0.3) is 0 Å². The molecule has 3 N–H and O–H groups in total. The second kappa shape index (κ2) is 16.7. The van der Waals surface area contributed by atoms with E-state index >= 15 is 4.39 Å². The quantitative estimate of drug-likeness (QED) is 0.133. The number of hydrogen-bond acceptors (Lipinski definition) is 11. The third kappa shape index (κ3) is 7.94. The minimum atomic E-state index is -0.728. The van der Waals surface area contributed by atoms with Crippen LogP contribution < -0.4 is 15.5 Å². The van der Waals surface area contributed by atoms with Crippen molar-refractivity contribution >= 4 is 34.8 Å². The van der Waals surface area contributed by atoms with Crippen molar-refractivity contribution in [3.05, 3.63) is 78.3 Å². The Bertz CT molecular complexity index is 2490. The number of piperidine rings is 3. The van der Waals surface area contributed by atoms with Gasteiger partial charge in [0.1, 0.15) is 34.8 Å². The molecule has 1 aliphatic carbocycles. The number of rotatable bonds is 10. The van der Waals surface area contributed by atoms with E-state index < -0.39 is 17.4 Å². The van der Waals surface area contributed by atoms with E-state index in [1.807, 2.05) is 43.6 Å². The van der Waals surface area contributed by atoms with Crippen LogP contribution in [0.25, 0.3) is 28.0 Å². The number of carboxylic acid groups (broad SMARTS) is 1. The van der Waals surface area contributed by atoms with E-state index in [1.165, 1.54) is 6.07 Å². The molecule has 316 valence electrons. The standard InChI is InChI=1S/C45H50FN11O4/c1-2-45(44(60)61)15-19-55(20-16-45)39-11-3-29(23-48-39)41-42-30(22-47)24-50-57(42)27-38(52-41)31-25-49-56(26-31)34-7-5-33(6-8-34)54-17-13-28(14-18-54)35-9-4-32(21-36(35)46)51-37-10-12-40(58)53-43(37)59/h3-4,9,11,21,23-28,33-34,37,51H,2,5-8,10,12-20H2,1H3,(H,60,61)(H,53,58,59)/t33-,34-,37-/m0/s1. The maximum absolute atomic E-state index is 15.4. The van der Waals surface area contributed by atoms with Gasteiger partial charge in [-0.25, -0.2) is 18.9 Å². The lowest BCUT2D eigenvalue weighted by molar-refractivity contribution is -0.150. The molecule has 5 aromatic rings. The summed E-state index contributed by atoms with van der Waals surface area (Å²) in [7, 11) is 0.